The summed E-state index contributed by atoms with van der Waals surface area (Å²) in [5.74, 6) is -0.482. The van der Waals surface area contributed by atoms with Gasteiger partial charge in [-0.05, 0) is 70.6 Å². The van der Waals surface area contributed by atoms with Crippen LogP contribution in [-0.4, -0.2) is 46.9 Å². The zero-order valence-electron chi connectivity index (χ0n) is 37.5. The summed E-state index contributed by atoms with van der Waals surface area (Å²) >= 11 is 0. The SMILES string of the molecule is CCCC/C=C\CCCCCCCC(=O)OC(CCCCCCCCC/C=C/CCCCCCCC)CC(=O)NC(CO)C(O)CCCCCCCCCCC. The molecule has 3 unspecified atom stereocenters. The zero-order valence-corrected chi connectivity index (χ0v) is 37.5. The van der Waals surface area contributed by atoms with Crippen LogP contribution >= 0.6 is 0 Å². The van der Waals surface area contributed by atoms with E-state index in [2.05, 4.69) is 50.4 Å². The summed E-state index contributed by atoms with van der Waals surface area (Å²) in [7, 11) is 0. The second-order valence-corrected chi connectivity index (χ2v) is 16.9. The third-order valence-corrected chi connectivity index (χ3v) is 11.3. The lowest BCUT2D eigenvalue weighted by atomic mass is 10.0. The van der Waals surface area contributed by atoms with Crippen molar-refractivity contribution in [2.45, 2.75) is 277 Å². The number of carbonyl (C=O) groups excluding carboxylic acids is 2. The minimum atomic E-state index is -0.785. The molecule has 6 heteroatoms. The van der Waals surface area contributed by atoms with Gasteiger partial charge in [0, 0.05) is 6.42 Å². The molecular weight excluding hydrogens is 695 g/mol. The Bertz CT molecular complexity index is 889. The van der Waals surface area contributed by atoms with Gasteiger partial charge in [0.2, 0.25) is 5.91 Å². The first kappa shape index (κ1) is 54.3. The van der Waals surface area contributed by atoms with Crippen molar-refractivity contribution in [2.75, 3.05) is 6.61 Å². The Kier molecular flexibility index (Phi) is 43.1. The Morgan fingerprint density at radius 1 is 0.500 bits per heavy atom. The largest absolute Gasteiger partial charge is 0.462 e. The van der Waals surface area contributed by atoms with E-state index in [0.717, 1.165) is 64.2 Å². The number of hydrogen-bond acceptors (Lipinski definition) is 5. The van der Waals surface area contributed by atoms with Crippen LogP contribution in [0.2, 0.25) is 0 Å². The molecule has 0 aromatic carbocycles. The van der Waals surface area contributed by atoms with Gasteiger partial charge in [-0.15, -0.1) is 0 Å². The summed E-state index contributed by atoms with van der Waals surface area (Å²) in [6, 6.07) is -0.699. The summed E-state index contributed by atoms with van der Waals surface area (Å²) in [6.45, 7) is 6.43. The van der Waals surface area contributed by atoms with Crippen LogP contribution in [0.25, 0.3) is 0 Å². The minimum absolute atomic E-state index is 0.0745. The van der Waals surface area contributed by atoms with Crippen LogP contribution in [0.4, 0.5) is 0 Å². The van der Waals surface area contributed by atoms with E-state index in [1.807, 2.05) is 0 Å². The normalized spacial score (nSPS) is 13.4. The molecule has 1 amide bonds. The average molecular weight is 790 g/mol. The maximum atomic E-state index is 13.1. The van der Waals surface area contributed by atoms with Crippen LogP contribution < -0.4 is 5.32 Å². The maximum absolute atomic E-state index is 13.1. The molecule has 0 aliphatic heterocycles. The van der Waals surface area contributed by atoms with E-state index in [9.17, 15) is 19.8 Å². The van der Waals surface area contributed by atoms with Gasteiger partial charge in [-0.2, -0.15) is 0 Å². The highest BCUT2D eigenvalue weighted by Crippen LogP contribution is 2.18. The van der Waals surface area contributed by atoms with Crippen molar-refractivity contribution in [2.24, 2.45) is 0 Å². The number of ether oxygens (including phenoxy) is 1. The standard InChI is InChI=1S/C50H95NO5/c1-4-7-10-13-16-19-21-22-23-24-25-26-28-30-32-35-38-41-46(56-50(55)43-40-37-34-31-27-20-17-14-11-8-5-2)44-49(54)51-47(45-52)48(53)42-39-36-33-29-18-15-12-9-6-3/h14,17,22-23,46-48,52-53H,4-13,15-16,18-21,24-45H2,1-3H3,(H,51,54)/b17-14-,23-22+. The Morgan fingerprint density at radius 3 is 1.32 bits per heavy atom. The number of aliphatic hydroxyl groups is 2. The molecule has 0 aliphatic rings. The summed E-state index contributed by atoms with van der Waals surface area (Å²) < 4.78 is 5.91. The lowest BCUT2D eigenvalue weighted by molar-refractivity contribution is -0.151. The Morgan fingerprint density at radius 2 is 0.875 bits per heavy atom. The van der Waals surface area contributed by atoms with Crippen molar-refractivity contribution in [3.8, 4) is 0 Å². The highest BCUT2D eigenvalue weighted by molar-refractivity contribution is 5.77. The number of esters is 1. The van der Waals surface area contributed by atoms with Gasteiger partial charge < -0.3 is 20.3 Å². The molecule has 0 saturated carbocycles. The number of nitrogens with one attached hydrogen (secondary N) is 1. The number of rotatable bonds is 44. The first-order valence-electron chi connectivity index (χ1n) is 24.6. The third-order valence-electron chi connectivity index (χ3n) is 11.3. The smallest absolute Gasteiger partial charge is 0.306 e. The summed E-state index contributed by atoms with van der Waals surface area (Å²) in [4.78, 5) is 26.0. The molecule has 0 radical (unpaired) electrons. The van der Waals surface area contributed by atoms with Crippen LogP contribution in [-0.2, 0) is 14.3 Å². The Labute approximate surface area is 348 Å². The summed E-state index contributed by atoms with van der Waals surface area (Å²) in [6.07, 6.45) is 49.5. The predicted molar refractivity (Wildman–Crippen MR) is 241 cm³/mol. The molecule has 0 heterocycles. The molecule has 0 fully saturated rings. The molecule has 0 aliphatic carbocycles. The molecule has 56 heavy (non-hydrogen) atoms. The zero-order chi connectivity index (χ0) is 41.0. The van der Waals surface area contributed by atoms with Crippen molar-refractivity contribution in [1.29, 1.82) is 0 Å². The predicted octanol–water partition coefficient (Wildman–Crippen LogP) is 14.3. The number of allylic oxidation sites excluding steroid dienone is 4. The van der Waals surface area contributed by atoms with Gasteiger partial charge in [0.15, 0.2) is 0 Å². The van der Waals surface area contributed by atoms with E-state index >= 15 is 0 Å². The average Bonchev–Trinajstić information content (AvgIpc) is 3.19. The number of unbranched alkanes of at least 4 members (excludes halogenated alkanes) is 28. The molecule has 3 atom stereocenters. The summed E-state index contributed by atoms with van der Waals surface area (Å²) in [5, 5.41) is 23.6. The second-order valence-electron chi connectivity index (χ2n) is 16.9. The highest BCUT2D eigenvalue weighted by Gasteiger charge is 2.24. The van der Waals surface area contributed by atoms with E-state index in [1.54, 1.807) is 0 Å². The van der Waals surface area contributed by atoms with Crippen molar-refractivity contribution in [1.82, 2.24) is 5.32 Å². The number of amides is 1. The van der Waals surface area contributed by atoms with Gasteiger partial charge in [0.05, 0.1) is 25.2 Å². The van der Waals surface area contributed by atoms with E-state index in [0.29, 0.717) is 19.3 Å². The molecule has 3 N–H and O–H groups in total. The van der Waals surface area contributed by atoms with Crippen LogP contribution in [0.5, 0.6) is 0 Å². The fourth-order valence-electron chi connectivity index (χ4n) is 7.46. The topological polar surface area (TPSA) is 95.9 Å². The van der Waals surface area contributed by atoms with Crippen molar-refractivity contribution in [3.63, 3.8) is 0 Å². The van der Waals surface area contributed by atoms with E-state index in [4.69, 9.17) is 4.74 Å². The number of carbonyl (C=O) groups is 2. The highest BCUT2D eigenvalue weighted by atomic mass is 16.5. The van der Waals surface area contributed by atoms with E-state index < -0.39 is 18.2 Å². The maximum Gasteiger partial charge on any atom is 0.306 e. The van der Waals surface area contributed by atoms with Gasteiger partial charge in [-0.3, -0.25) is 9.59 Å². The molecule has 0 bridgehead atoms. The Balaban J connectivity index is 4.56. The van der Waals surface area contributed by atoms with Gasteiger partial charge in [-0.1, -0.05) is 199 Å². The quantitative estimate of drug-likeness (QED) is 0.0324. The number of aliphatic hydroxyl groups excluding tert-OH is 2. The van der Waals surface area contributed by atoms with Gasteiger partial charge in [0.25, 0.3) is 0 Å². The second kappa shape index (κ2) is 44.4. The van der Waals surface area contributed by atoms with Crippen LogP contribution in [0.1, 0.15) is 258 Å². The summed E-state index contributed by atoms with van der Waals surface area (Å²) in [5.41, 5.74) is 0. The van der Waals surface area contributed by atoms with Crippen molar-refractivity contribution in [3.05, 3.63) is 24.3 Å². The molecule has 0 rings (SSSR count). The van der Waals surface area contributed by atoms with Crippen LogP contribution in [0.15, 0.2) is 24.3 Å². The first-order chi connectivity index (χ1) is 27.5. The van der Waals surface area contributed by atoms with Crippen molar-refractivity contribution < 1.29 is 24.5 Å². The lowest BCUT2D eigenvalue weighted by Crippen LogP contribution is -2.46. The lowest BCUT2D eigenvalue weighted by Gasteiger charge is -2.24. The third kappa shape index (κ3) is 39.2. The minimum Gasteiger partial charge on any atom is -0.462 e. The van der Waals surface area contributed by atoms with Gasteiger partial charge >= 0.3 is 5.97 Å². The molecule has 0 aromatic rings. The van der Waals surface area contributed by atoms with Gasteiger partial charge in [-0.25, -0.2) is 0 Å². The molecule has 0 spiro atoms. The van der Waals surface area contributed by atoms with Crippen LogP contribution in [0, 0.1) is 0 Å². The first-order valence-corrected chi connectivity index (χ1v) is 24.6. The molecular formula is C50H95NO5. The van der Waals surface area contributed by atoms with Gasteiger partial charge in [0.1, 0.15) is 6.10 Å². The molecule has 0 saturated heterocycles. The van der Waals surface area contributed by atoms with Crippen molar-refractivity contribution >= 4 is 11.9 Å². The van der Waals surface area contributed by atoms with Crippen LogP contribution in [0.3, 0.4) is 0 Å². The molecule has 0 aromatic heterocycles. The fraction of sp³-hybridized carbons (Fsp3) is 0.880. The molecule has 330 valence electrons. The number of hydrogen-bond donors (Lipinski definition) is 3. The fourth-order valence-corrected chi connectivity index (χ4v) is 7.46. The molecule has 6 nitrogen and oxygen atoms in total. The van der Waals surface area contributed by atoms with E-state index in [1.165, 1.54) is 148 Å². The van der Waals surface area contributed by atoms with E-state index in [-0.39, 0.29) is 24.9 Å². The monoisotopic (exact) mass is 790 g/mol. The Hall–Kier alpha value is -1.66.